The third-order valence-electron chi connectivity index (χ3n) is 2.98. The Balaban J connectivity index is 2.24. The molecular weight excluding hydrogens is 266 g/mol. The summed E-state index contributed by atoms with van der Waals surface area (Å²) in [4.78, 5) is 5.32. The van der Waals surface area contributed by atoms with Crippen molar-refractivity contribution in [2.24, 2.45) is 5.73 Å². The summed E-state index contributed by atoms with van der Waals surface area (Å²) in [7, 11) is 0. The number of nitrogens with zero attached hydrogens (tertiary/aromatic N) is 2. The van der Waals surface area contributed by atoms with E-state index in [2.05, 4.69) is 20.8 Å². The average Bonchev–Trinajstić information content (AvgIpc) is 2.93. The van der Waals surface area contributed by atoms with Gasteiger partial charge in [-0.1, -0.05) is 17.7 Å². The molecule has 2 aromatic heterocycles. The van der Waals surface area contributed by atoms with Gasteiger partial charge in [-0.25, -0.2) is 4.98 Å². The summed E-state index contributed by atoms with van der Waals surface area (Å²) in [5, 5.41) is 2.89. The average molecular weight is 278 g/mol. The van der Waals surface area contributed by atoms with Crippen LogP contribution in [0.25, 0.3) is 16.2 Å². The van der Waals surface area contributed by atoms with E-state index in [0.717, 1.165) is 32.5 Å². The first-order valence-corrected chi connectivity index (χ1v) is 6.87. The number of aromatic nitrogens is 2. The van der Waals surface area contributed by atoms with Crippen LogP contribution in [0.2, 0.25) is 5.02 Å². The zero-order valence-electron chi connectivity index (χ0n) is 9.85. The topological polar surface area (TPSA) is 43.3 Å². The minimum absolute atomic E-state index is 0.484. The highest BCUT2D eigenvalue weighted by molar-refractivity contribution is 7.15. The molecule has 0 unspecified atom stereocenters. The predicted molar refractivity (Wildman–Crippen MR) is 76.1 cm³/mol. The molecule has 2 heterocycles. The van der Waals surface area contributed by atoms with Gasteiger partial charge in [-0.2, -0.15) is 0 Å². The van der Waals surface area contributed by atoms with Crippen LogP contribution in [0.15, 0.2) is 29.8 Å². The molecule has 3 rings (SSSR count). The Labute approximate surface area is 114 Å². The fourth-order valence-electron chi connectivity index (χ4n) is 2.02. The van der Waals surface area contributed by atoms with Crippen molar-refractivity contribution in [2.75, 3.05) is 0 Å². The number of aryl methyl sites for hydroxylation is 1. The molecule has 1 aromatic carbocycles. The Morgan fingerprint density at radius 1 is 1.44 bits per heavy atom. The molecular formula is C13H12ClN3S. The number of hydrogen-bond donors (Lipinski definition) is 1. The quantitative estimate of drug-likeness (QED) is 0.779. The molecule has 92 valence electrons. The number of fused-ring (bicyclic) bond motifs is 1. The van der Waals surface area contributed by atoms with E-state index >= 15 is 0 Å². The largest absolute Gasteiger partial charge is 0.325 e. The lowest BCUT2D eigenvalue weighted by molar-refractivity contribution is 0.971. The predicted octanol–water partition coefficient (Wildman–Crippen LogP) is 3.48. The van der Waals surface area contributed by atoms with Gasteiger partial charge in [0.25, 0.3) is 0 Å². The first-order valence-electron chi connectivity index (χ1n) is 5.61. The monoisotopic (exact) mass is 277 g/mol. The number of benzene rings is 1. The van der Waals surface area contributed by atoms with Gasteiger partial charge in [0.05, 0.1) is 17.6 Å². The fourth-order valence-corrected chi connectivity index (χ4v) is 3.03. The lowest BCUT2D eigenvalue weighted by atomic mass is 10.1. The SMILES string of the molecule is Cc1cc(-c2csc3ncc(CN)n23)ccc1Cl. The van der Waals surface area contributed by atoms with E-state index < -0.39 is 0 Å². The summed E-state index contributed by atoms with van der Waals surface area (Å²) in [6.07, 6.45) is 1.83. The lowest BCUT2D eigenvalue weighted by Gasteiger charge is -2.05. The van der Waals surface area contributed by atoms with Gasteiger partial charge in [0.15, 0.2) is 4.96 Å². The number of rotatable bonds is 2. The van der Waals surface area contributed by atoms with Gasteiger partial charge in [0.2, 0.25) is 0 Å². The molecule has 0 fully saturated rings. The molecule has 3 aromatic rings. The molecule has 3 nitrogen and oxygen atoms in total. The van der Waals surface area contributed by atoms with E-state index in [4.69, 9.17) is 17.3 Å². The van der Waals surface area contributed by atoms with E-state index in [9.17, 15) is 0 Å². The van der Waals surface area contributed by atoms with Gasteiger partial charge in [0.1, 0.15) is 0 Å². The smallest absolute Gasteiger partial charge is 0.194 e. The van der Waals surface area contributed by atoms with Crippen molar-refractivity contribution in [3.8, 4) is 11.3 Å². The van der Waals surface area contributed by atoms with Crippen molar-refractivity contribution in [2.45, 2.75) is 13.5 Å². The Bertz CT molecular complexity index is 714. The van der Waals surface area contributed by atoms with Crippen LogP contribution in [0.5, 0.6) is 0 Å². The van der Waals surface area contributed by atoms with Crippen LogP contribution in [0, 0.1) is 6.92 Å². The second-order valence-corrected chi connectivity index (χ2v) is 5.40. The van der Waals surface area contributed by atoms with Crippen molar-refractivity contribution >= 4 is 27.9 Å². The first kappa shape index (κ1) is 11.7. The molecule has 0 bridgehead atoms. The van der Waals surface area contributed by atoms with E-state index in [1.807, 2.05) is 25.3 Å². The second-order valence-electron chi connectivity index (χ2n) is 4.16. The van der Waals surface area contributed by atoms with Crippen LogP contribution in [0.1, 0.15) is 11.3 Å². The van der Waals surface area contributed by atoms with Gasteiger partial charge in [-0.05, 0) is 30.2 Å². The van der Waals surface area contributed by atoms with Gasteiger partial charge in [0, 0.05) is 16.9 Å². The van der Waals surface area contributed by atoms with Gasteiger partial charge >= 0.3 is 0 Å². The minimum atomic E-state index is 0.484. The maximum absolute atomic E-state index is 6.06. The number of thiazole rings is 1. The minimum Gasteiger partial charge on any atom is -0.325 e. The van der Waals surface area contributed by atoms with Crippen molar-refractivity contribution in [3.63, 3.8) is 0 Å². The highest BCUT2D eigenvalue weighted by Crippen LogP contribution is 2.29. The number of nitrogens with two attached hydrogens (primary N) is 1. The molecule has 0 spiro atoms. The van der Waals surface area contributed by atoms with Gasteiger partial charge in [-0.3, -0.25) is 4.40 Å². The summed E-state index contributed by atoms with van der Waals surface area (Å²) in [6, 6.07) is 6.04. The van der Waals surface area contributed by atoms with E-state index in [0.29, 0.717) is 6.54 Å². The van der Waals surface area contributed by atoms with E-state index in [1.165, 1.54) is 0 Å². The molecule has 0 aliphatic rings. The number of imidazole rings is 1. The lowest BCUT2D eigenvalue weighted by Crippen LogP contribution is -2.00. The van der Waals surface area contributed by atoms with E-state index in [-0.39, 0.29) is 0 Å². The van der Waals surface area contributed by atoms with Crippen LogP contribution < -0.4 is 5.73 Å². The Hall–Kier alpha value is -1.36. The van der Waals surface area contributed by atoms with Crippen molar-refractivity contribution in [1.82, 2.24) is 9.38 Å². The summed E-state index contributed by atoms with van der Waals surface area (Å²) in [5.74, 6) is 0. The number of hydrogen-bond acceptors (Lipinski definition) is 3. The zero-order chi connectivity index (χ0) is 12.7. The summed E-state index contributed by atoms with van der Waals surface area (Å²) in [5.41, 5.74) is 10.1. The molecule has 0 saturated heterocycles. The fraction of sp³-hybridized carbons (Fsp3) is 0.154. The van der Waals surface area contributed by atoms with Crippen molar-refractivity contribution in [3.05, 3.63) is 46.1 Å². The third kappa shape index (κ3) is 1.73. The van der Waals surface area contributed by atoms with Crippen LogP contribution in [-0.4, -0.2) is 9.38 Å². The molecule has 2 N–H and O–H groups in total. The highest BCUT2D eigenvalue weighted by Gasteiger charge is 2.11. The molecule has 0 amide bonds. The van der Waals surface area contributed by atoms with Crippen LogP contribution in [-0.2, 0) is 6.54 Å². The molecule has 0 saturated carbocycles. The molecule has 18 heavy (non-hydrogen) atoms. The maximum Gasteiger partial charge on any atom is 0.194 e. The van der Waals surface area contributed by atoms with Crippen LogP contribution in [0.3, 0.4) is 0 Å². The molecule has 5 heteroatoms. The van der Waals surface area contributed by atoms with Crippen LogP contribution >= 0.6 is 22.9 Å². The van der Waals surface area contributed by atoms with Gasteiger partial charge < -0.3 is 5.73 Å². The standard InChI is InChI=1S/C13H12ClN3S/c1-8-4-9(2-3-11(8)14)12-7-18-13-16-6-10(5-15)17(12)13/h2-4,6-7H,5,15H2,1H3. The normalized spacial score (nSPS) is 11.3. The first-order chi connectivity index (χ1) is 8.70. The van der Waals surface area contributed by atoms with Crippen molar-refractivity contribution in [1.29, 1.82) is 0 Å². The third-order valence-corrected chi connectivity index (χ3v) is 4.25. The van der Waals surface area contributed by atoms with Gasteiger partial charge in [-0.15, -0.1) is 11.3 Å². The van der Waals surface area contributed by atoms with Crippen LogP contribution in [0.4, 0.5) is 0 Å². The second kappa shape index (κ2) is 4.39. The summed E-state index contributed by atoms with van der Waals surface area (Å²) >= 11 is 7.68. The Kier molecular flexibility index (Phi) is 2.86. The molecule has 0 atom stereocenters. The summed E-state index contributed by atoms with van der Waals surface area (Å²) in [6.45, 7) is 2.49. The molecule has 0 aliphatic carbocycles. The maximum atomic E-state index is 6.06. The Morgan fingerprint density at radius 2 is 2.28 bits per heavy atom. The molecule has 0 radical (unpaired) electrons. The summed E-state index contributed by atoms with van der Waals surface area (Å²) < 4.78 is 2.10. The Morgan fingerprint density at radius 3 is 3.00 bits per heavy atom. The number of halogens is 1. The van der Waals surface area contributed by atoms with E-state index in [1.54, 1.807) is 11.3 Å². The molecule has 0 aliphatic heterocycles. The highest BCUT2D eigenvalue weighted by atomic mass is 35.5. The zero-order valence-corrected chi connectivity index (χ0v) is 11.4. The van der Waals surface area contributed by atoms with Crippen molar-refractivity contribution < 1.29 is 0 Å².